The van der Waals surface area contributed by atoms with Gasteiger partial charge in [0.1, 0.15) is 0 Å². The monoisotopic (exact) mass is 407 g/mol. The van der Waals surface area contributed by atoms with Gasteiger partial charge >= 0.3 is 0 Å². The summed E-state index contributed by atoms with van der Waals surface area (Å²) in [5.41, 5.74) is 4.34. The molecule has 3 aromatic rings. The smallest absolute Gasteiger partial charge is 0.170 e. The predicted molar refractivity (Wildman–Crippen MR) is 117 cm³/mol. The van der Waals surface area contributed by atoms with Crippen molar-refractivity contribution in [2.75, 3.05) is 20.3 Å². The minimum atomic E-state index is -0.0315. The van der Waals surface area contributed by atoms with Gasteiger partial charge in [-0.2, -0.15) is 0 Å². The second-order valence-electron chi connectivity index (χ2n) is 7.11. The predicted octanol–water partition coefficient (Wildman–Crippen LogP) is 3.58. The number of pyridine rings is 2. The molecule has 29 heavy (non-hydrogen) atoms. The van der Waals surface area contributed by atoms with Crippen molar-refractivity contribution in [1.29, 1.82) is 0 Å². The summed E-state index contributed by atoms with van der Waals surface area (Å²) < 4.78 is 7.53. The fourth-order valence-corrected chi connectivity index (χ4v) is 4.31. The number of nitrogens with one attached hydrogen (secondary N) is 1. The molecule has 0 spiro atoms. The van der Waals surface area contributed by atoms with Crippen LogP contribution >= 0.6 is 12.2 Å². The summed E-state index contributed by atoms with van der Waals surface area (Å²) in [4.78, 5) is 11.2. The number of aryl methyl sites for hydroxylation is 1. The third-order valence-corrected chi connectivity index (χ3v) is 5.61. The highest BCUT2D eigenvalue weighted by Gasteiger charge is 2.41. The van der Waals surface area contributed by atoms with Crippen LogP contribution < -0.4 is 5.32 Å². The van der Waals surface area contributed by atoms with Crippen molar-refractivity contribution in [3.05, 3.63) is 78.1 Å². The summed E-state index contributed by atoms with van der Waals surface area (Å²) in [6.45, 7) is 3.62. The van der Waals surface area contributed by atoms with Crippen LogP contribution in [-0.2, 0) is 4.74 Å². The molecule has 0 radical (unpaired) electrons. The van der Waals surface area contributed by atoms with Gasteiger partial charge in [-0.05, 0) is 62.0 Å². The highest BCUT2D eigenvalue weighted by atomic mass is 32.1. The number of nitrogens with zero attached hydrogens (tertiary/aromatic N) is 4. The molecule has 1 fully saturated rings. The van der Waals surface area contributed by atoms with Crippen molar-refractivity contribution in [2.45, 2.75) is 25.4 Å². The number of methoxy groups -OCH3 is 1. The molecule has 6 nitrogen and oxygen atoms in total. The lowest BCUT2D eigenvalue weighted by Crippen LogP contribution is -2.32. The van der Waals surface area contributed by atoms with Gasteiger partial charge in [0, 0.05) is 44.0 Å². The lowest BCUT2D eigenvalue weighted by Gasteiger charge is -2.29. The van der Waals surface area contributed by atoms with E-state index < -0.39 is 0 Å². The van der Waals surface area contributed by atoms with Crippen LogP contribution in [-0.4, -0.2) is 44.8 Å². The second kappa shape index (κ2) is 8.71. The Kier molecular flexibility index (Phi) is 5.87. The van der Waals surface area contributed by atoms with Gasteiger partial charge in [-0.15, -0.1) is 0 Å². The quantitative estimate of drug-likeness (QED) is 0.477. The Morgan fingerprint density at radius 3 is 2.76 bits per heavy atom. The van der Waals surface area contributed by atoms with E-state index in [0.717, 1.165) is 40.8 Å². The molecule has 2 atom stereocenters. The van der Waals surface area contributed by atoms with Gasteiger partial charge in [-0.3, -0.25) is 9.97 Å². The van der Waals surface area contributed by atoms with Gasteiger partial charge in [-0.1, -0.05) is 6.07 Å². The SMILES string of the molecule is COCCCN1C(=S)NC(c2ccccn2)C1c1ccc(C)n1-c1cccnc1. The number of thiocarbonyl (C=S) groups is 1. The summed E-state index contributed by atoms with van der Waals surface area (Å²) >= 11 is 5.74. The normalized spacial score (nSPS) is 18.8. The second-order valence-corrected chi connectivity index (χ2v) is 7.50. The molecule has 4 rings (SSSR count). The molecule has 0 aliphatic carbocycles. The first kappa shape index (κ1) is 19.5. The Balaban J connectivity index is 1.79. The molecule has 0 saturated carbocycles. The molecule has 1 aliphatic heterocycles. The summed E-state index contributed by atoms with van der Waals surface area (Å²) in [6.07, 6.45) is 6.41. The van der Waals surface area contributed by atoms with Crippen molar-refractivity contribution in [3.8, 4) is 5.69 Å². The lowest BCUT2D eigenvalue weighted by atomic mass is 10.0. The molecule has 0 amide bonds. The summed E-state index contributed by atoms with van der Waals surface area (Å²) in [5, 5.41) is 4.26. The first-order chi connectivity index (χ1) is 14.2. The minimum Gasteiger partial charge on any atom is -0.385 e. The van der Waals surface area contributed by atoms with Crippen molar-refractivity contribution in [1.82, 2.24) is 24.8 Å². The van der Waals surface area contributed by atoms with Crippen molar-refractivity contribution < 1.29 is 4.74 Å². The van der Waals surface area contributed by atoms with E-state index in [1.165, 1.54) is 0 Å². The largest absolute Gasteiger partial charge is 0.385 e. The average Bonchev–Trinajstić information content (AvgIpc) is 3.29. The van der Waals surface area contributed by atoms with E-state index in [1.54, 1.807) is 13.3 Å². The molecule has 3 aromatic heterocycles. The maximum atomic E-state index is 5.74. The Morgan fingerprint density at radius 2 is 2.03 bits per heavy atom. The Hall–Kier alpha value is -2.77. The highest BCUT2D eigenvalue weighted by Crippen LogP contribution is 2.40. The maximum absolute atomic E-state index is 5.74. The van der Waals surface area contributed by atoms with Crippen LogP contribution in [0, 0.1) is 6.92 Å². The van der Waals surface area contributed by atoms with Crippen LogP contribution in [0.25, 0.3) is 5.69 Å². The first-order valence-electron chi connectivity index (χ1n) is 9.76. The Bertz CT molecular complexity index is 960. The van der Waals surface area contributed by atoms with Gasteiger partial charge in [0.25, 0.3) is 0 Å². The first-order valence-corrected chi connectivity index (χ1v) is 10.2. The van der Waals surface area contributed by atoms with E-state index in [4.69, 9.17) is 17.0 Å². The zero-order valence-corrected chi connectivity index (χ0v) is 17.5. The fourth-order valence-electron chi connectivity index (χ4n) is 3.98. The standard InChI is InChI=1S/C22H25N5OS/c1-16-9-10-19(27(16)17-7-5-11-23-15-17)21-20(18-8-3-4-12-24-18)25-22(29)26(21)13-6-14-28-2/h3-5,7-12,15,20-21H,6,13-14H2,1-2H3,(H,25,29). The third kappa shape index (κ3) is 3.88. The number of rotatable bonds is 7. The van der Waals surface area contributed by atoms with Gasteiger partial charge in [0.2, 0.25) is 0 Å². The molecule has 1 aliphatic rings. The molecule has 1 saturated heterocycles. The zero-order valence-electron chi connectivity index (χ0n) is 16.7. The van der Waals surface area contributed by atoms with Crippen LogP contribution in [0.5, 0.6) is 0 Å². The topological polar surface area (TPSA) is 55.2 Å². The van der Waals surface area contributed by atoms with Crippen molar-refractivity contribution in [2.24, 2.45) is 0 Å². The molecule has 0 bridgehead atoms. The number of aromatic nitrogens is 3. The number of hydrogen-bond donors (Lipinski definition) is 1. The molecular formula is C22H25N5OS. The zero-order chi connectivity index (χ0) is 20.2. The Labute approximate surface area is 176 Å². The van der Waals surface area contributed by atoms with E-state index in [1.807, 2.05) is 30.6 Å². The minimum absolute atomic E-state index is 0.0168. The van der Waals surface area contributed by atoms with Crippen LogP contribution in [0.3, 0.4) is 0 Å². The van der Waals surface area contributed by atoms with Gasteiger partial charge < -0.3 is 19.5 Å². The summed E-state index contributed by atoms with van der Waals surface area (Å²) in [5.74, 6) is 0. The Morgan fingerprint density at radius 1 is 1.14 bits per heavy atom. The fraction of sp³-hybridized carbons (Fsp3) is 0.318. The number of hydrogen-bond acceptors (Lipinski definition) is 4. The van der Waals surface area contributed by atoms with Gasteiger partial charge in [0.05, 0.1) is 29.7 Å². The molecule has 0 aromatic carbocycles. The highest BCUT2D eigenvalue weighted by molar-refractivity contribution is 7.80. The molecule has 2 unspecified atom stereocenters. The molecule has 7 heteroatoms. The van der Waals surface area contributed by atoms with Crippen LogP contribution in [0.1, 0.15) is 35.6 Å². The van der Waals surface area contributed by atoms with Gasteiger partial charge in [-0.25, -0.2) is 0 Å². The van der Waals surface area contributed by atoms with Crippen LogP contribution in [0.4, 0.5) is 0 Å². The molecule has 1 N–H and O–H groups in total. The number of ether oxygens (including phenoxy) is 1. The van der Waals surface area contributed by atoms with E-state index in [9.17, 15) is 0 Å². The molecular weight excluding hydrogens is 382 g/mol. The van der Waals surface area contributed by atoms with E-state index in [0.29, 0.717) is 6.61 Å². The summed E-state index contributed by atoms with van der Waals surface area (Å²) in [7, 11) is 1.73. The van der Waals surface area contributed by atoms with E-state index >= 15 is 0 Å². The summed E-state index contributed by atoms with van der Waals surface area (Å²) in [6, 6.07) is 14.4. The van der Waals surface area contributed by atoms with E-state index in [-0.39, 0.29) is 12.1 Å². The maximum Gasteiger partial charge on any atom is 0.170 e. The van der Waals surface area contributed by atoms with Crippen molar-refractivity contribution >= 4 is 17.3 Å². The molecule has 150 valence electrons. The average molecular weight is 408 g/mol. The third-order valence-electron chi connectivity index (χ3n) is 5.26. The lowest BCUT2D eigenvalue weighted by molar-refractivity contribution is 0.180. The molecule has 4 heterocycles. The van der Waals surface area contributed by atoms with Crippen LogP contribution in [0.2, 0.25) is 0 Å². The van der Waals surface area contributed by atoms with Crippen LogP contribution in [0.15, 0.2) is 61.1 Å². The van der Waals surface area contributed by atoms with Crippen molar-refractivity contribution in [3.63, 3.8) is 0 Å². The van der Waals surface area contributed by atoms with Gasteiger partial charge in [0.15, 0.2) is 5.11 Å². The van der Waals surface area contributed by atoms with E-state index in [2.05, 4.69) is 55.9 Å².